The molecule has 4 saturated heterocycles. The number of piperidine rings is 1. The van der Waals surface area contributed by atoms with Crippen LogP contribution in [0.4, 0.5) is 0 Å². The Kier molecular flexibility index (Phi) is 4.69. The summed E-state index contributed by atoms with van der Waals surface area (Å²) < 4.78 is 5.61. The molecule has 1 aromatic carbocycles. The summed E-state index contributed by atoms with van der Waals surface area (Å²) in [6, 6.07) is 10.3. The molecule has 2 atom stereocenters. The van der Waals surface area contributed by atoms with Gasteiger partial charge in [-0.25, -0.2) is 0 Å². The Bertz CT molecular complexity index is 787. The molecule has 5 rings (SSSR count). The van der Waals surface area contributed by atoms with Gasteiger partial charge in [0.1, 0.15) is 0 Å². The lowest BCUT2D eigenvalue weighted by Gasteiger charge is -2.47. The minimum Gasteiger partial charge on any atom is -0.381 e. The van der Waals surface area contributed by atoms with Crippen LogP contribution in [-0.2, 0) is 24.5 Å². The van der Waals surface area contributed by atoms with Gasteiger partial charge in [0, 0.05) is 44.2 Å². The van der Waals surface area contributed by atoms with Crippen molar-refractivity contribution in [2.24, 2.45) is 0 Å². The van der Waals surface area contributed by atoms with Gasteiger partial charge in [-0.15, -0.1) is 0 Å². The summed E-state index contributed by atoms with van der Waals surface area (Å²) >= 11 is 0. The number of carbonyl (C=O) groups is 3. The number of ether oxygens (including phenoxy) is 1. The van der Waals surface area contributed by atoms with E-state index in [2.05, 4.69) is 17.0 Å². The third-order valence-electron chi connectivity index (χ3n) is 7.48. The Morgan fingerprint density at radius 2 is 1.48 bits per heavy atom. The van der Waals surface area contributed by atoms with E-state index in [0.717, 1.165) is 31.2 Å². The molecule has 6 heteroatoms. The molecule has 0 radical (unpaired) electrons. The quantitative estimate of drug-likeness (QED) is 0.736. The maximum Gasteiger partial charge on any atom is 0.233 e. The second kappa shape index (κ2) is 7.24. The molecule has 3 amide bonds. The van der Waals surface area contributed by atoms with Gasteiger partial charge >= 0.3 is 0 Å². The normalized spacial score (nSPS) is 31.4. The fraction of sp³-hybridized carbons (Fsp3) is 0.609. The minimum absolute atomic E-state index is 0.0376. The van der Waals surface area contributed by atoms with E-state index in [1.165, 1.54) is 4.90 Å². The monoisotopic (exact) mass is 396 g/mol. The van der Waals surface area contributed by atoms with Crippen LogP contribution in [0.25, 0.3) is 0 Å². The highest BCUT2D eigenvalue weighted by Crippen LogP contribution is 2.44. The molecule has 0 spiro atoms. The van der Waals surface area contributed by atoms with Crippen molar-refractivity contribution in [2.45, 2.75) is 74.9 Å². The summed E-state index contributed by atoms with van der Waals surface area (Å²) in [5.41, 5.74) is 0.562. The summed E-state index contributed by atoms with van der Waals surface area (Å²) in [5, 5.41) is 0. The van der Waals surface area contributed by atoms with Gasteiger partial charge in [0.05, 0.1) is 5.41 Å². The second-order valence-electron chi connectivity index (χ2n) is 8.94. The second-order valence-corrected chi connectivity index (χ2v) is 8.94. The first-order valence-corrected chi connectivity index (χ1v) is 10.9. The number of imide groups is 1. The zero-order valence-electron chi connectivity index (χ0n) is 16.7. The van der Waals surface area contributed by atoms with Crippen molar-refractivity contribution in [1.29, 1.82) is 0 Å². The van der Waals surface area contributed by atoms with Crippen LogP contribution in [0.5, 0.6) is 0 Å². The molecule has 1 aromatic rings. The molecule has 2 unspecified atom stereocenters. The van der Waals surface area contributed by atoms with Crippen LogP contribution in [0.1, 0.15) is 56.9 Å². The smallest absolute Gasteiger partial charge is 0.233 e. The van der Waals surface area contributed by atoms with E-state index in [9.17, 15) is 14.4 Å². The fourth-order valence-corrected chi connectivity index (χ4v) is 6.04. The lowest BCUT2D eigenvalue weighted by Crippen LogP contribution is -2.58. The van der Waals surface area contributed by atoms with E-state index >= 15 is 0 Å². The maximum atomic E-state index is 14.0. The lowest BCUT2D eigenvalue weighted by atomic mass is 9.72. The molecule has 6 nitrogen and oxygen atoms in total. The SMILES string of the molecule is O=C1CCC(=O)N1C1CC2CCC(C1)N2C(=O)C1(c2ccccc2)CCOCC1. The molecule has 0 aliphatic carbocycles. The van der Waals surface area contributed by atoms with Gasteiger partial charge in [-0.3, -0.25) is 19.3 Å². The Morgan fingerprint density at radius 1 is 0.897 bits per heavy atom. The van der Waals surface area contributed by atoms with E-state index in [-0.39, 0.29) is 35.8 Å². The zero-order chi connectivity index (χ0) is 20.0. The molecule has 0 saturated carbocycles. The number of nitrogens with zero attached hydrogens (tertiary/aromatic N) is 2. The molecule has 4 fully saturated rings. The number of likely N-dealkylation sites (tertiary alicyclic amines) is 1. The Hall–Kier alpha value is -2.21. The third kappa shape index (κ3) is 3.00. The molecular formula is C23H28N2O4. The first kappa shape index (κ1) is 18.8. The van der Waals surface area contributed by atoms with Crippen LogP contribution < -0.4 is 0 Å². The van der Waals surface area contributed by atoms with Crippen LogP contribution in [0.3, 0.4) is 0 Å². The first-order valence-electron chi connectivity index (χ1n) is 10.9. The third-order valence-corrected chi connectivity index (χ3v) is 7.48. The number of carbonyl (C=O) groups excluding carboxylic acids is 3. The van der Waals surface area contributed by atoms with E-state index < -0.39 is 5.41 Å². The molecule has 29 heavy (non-hydrogen) atoms. The Balaban J connectivity index is 1.42. The van der Waals surface area contributed by atoms with Crippen molar-refractivity contribution in [3.63, 3.8) is 0 Å². The highest BCUT2D eigenvalue weighted by atomic mass is 16.5. The highest BCUT2D eigenvalue weighted by Gasteiger charge is 2.53. The van der Waals surface area contributed by atoms with Gasteiger partial charge in [-0.2, -0.15) is 0 Å². The number of hydrogen-bond donors (Lipinski definition) is 0. The van der Waals surface area contributed by atoms with Crippen molar-refractivity contribution < 1.29 is 19.1 Å². The average Bonchev–Trinajstić information content (AvgIpc) is 3.23. The summed E-state index contributed by atoms with van der Waals surface area (Å²) in [4.78, 5) is 42.1. The number of benzene rings is 1. The molecule has 0 N–H and O–H groups in total. The highest BCUT2D eigenvalue weighted by molar-refractivity contribution is 6.02. The maximum absolute atomic E-state index is 14.0. The average molecular weight is 396 g/mol. The van der Waals surface area contributed by atoms with E-state index in [4.69, 9.17) is 4.74 Å². The molecule has 154 valence electrons. The minimum atomic E-state index is -0.521. The predicted molar refractivity (Wildman–Crippen MR) is 106 cm³/mol. The summed E-state index contributed by atoms with van der Waals surface area (Å²) in [6.07, 6.45) is 5.46. The predicted octanol–water partition coefficient (Wildman–Crippen LogP) is 2.41. The standard InChI is InChI=1S/C23H28N2O4/c26-20-8-9-21(27)25(20)19-14-17-6-7-18(15-19)24(17)22(28)23(10-12-29-13-11-23)16-4-2-1-3-5-16/h1-5,17-19H,6-15H2. The van der Waals surface area contributed by atoms with E-state index in [1.807, 2.05) is 18.2 Å². The number of rotatable bonds is 3. The first-order chi connectivity index (χ1) is 14.1. The molecule has 4 aliphatic rings. The summed E-state index contributed by atoms with van der Waals surface area (Å²) in [6.45, 7) is 1.20. The van der Waals surface area contributed by atoms with Crippen LogP contribution >= 0.6 is 0 Å². The summed E-state index contributed by atoms with van der Waals surface area (Å²) in [7, 11) is 0. The number of fused-ring (bicyclic) bond motifs is 2. The van der Waals surface area contributed by atoms with Crippen molar-refractivity contribution in [1.82, 2.24) is 9.80 Å². The van der Waals surface area contributed by atoms with Gasteiger partial charge in [-0.05, 0) is 44.1 Å². The topological polar surface area (TPSA) is 66.9 Å². The molecule has 4 aliphatic heterocycles. The van der Waals surface area contributed by atoms with Crippen LogP contribution in [0.2, 0.25) is 0 Å². The van der Waals surface area contributed by atoms with Gasteiger partial charge in [0.25, 0.3) is 0 Å². The van der Waals surface area contributed by atoms with Crippen molar-refractivity contribution >= 4 is 17.7 Å². The zero-order valence-corrected chi connectivity index (χ0v) is 16.7. The van der Waals surface area contributed by atoms with Crippen molar-refractivity contribution in [3.8, 4) is 0 Å². The van der Waals surface area contributed by atoms with Gasteiger partial charge in [0.15, 0.2) is 0 Å². The van der Waals surface area contributed by atoms with E-state index in [0.29, 0.717) is 38.9 Å². The van der Waals surface area contributed by atoms with Gasteiger partial charge in [0.2, 0.25) is 17.7 Å². The van der Waals surface area contributed by atoms with Crippen molar-refractivity contribution in [2.75, 3.05) is 13.2 Å². The van der Waals surface area contributed by atoms with Crippen LogP contribution in [-0.4, -0.2) is 58.9 Å². The van der Waals surface area contributed by atoms with Crippen LogP contribution in [0.15, 0.2) is 30.3 Å². The van der Waals surface area contributed by atoms with Gasteiger partial charge < -0.3 is 9.64 Å². The number of amides is 3. The van der Waals surface area contributed by atoms with Crippen LogP contribution in [0, 0.1) is 0 Å². The fourth-order valence-electron chi connectivity index (χ4n) is 6.04. The largest absolute Gasteiger partial charge is 0.381 e. The lowest BCUT2D eigenvalue weighted by molar-refractivity contribution is -0.149. The molecule has 4 heterocycles. The molecule has 2 bridgehead atoms. The number of hydrogen-bond acceptors (Lipinski definition) is 4. The van der Waals surface area contributed by atoms with Crippen molar-refractivity contribution in [3.05, 3.63) is 35.9 Å². The van der Waals surface area contributed by atoms with Gasteiger partial charge in [-0.1, -0.05) is 30.3 Å². The molecular weight excluding hydrogens is 368 g/mol. The Morgan fingerprint density at radius 3 is 2.07 bits per heavy atom. The summed E-state index contributed by atoms with van der Waals surface area (Å²) in [5.74, 6) is 0.144. The molecule has 0 aromatic heterocycles. The Labute approximate surface area is 171 Å². The van der Waals surface area contributed by atoms with E-state index in [1.54, 1.807) is 0 Å².